The number of carbonyl (C=O) groups excluding carboxylic acids is 9. The first-order valence-corrected chi connectivity index (χ1v) is 24.2. The number of amides is 9. The number of carbonyl (C=O) groups is 9. The first-order valence-electron chi connectivity index (χ1n) is 24.2. The zero-order valence-corrected chi connectivity index (χ0v) is 40.8. The number of anilines is 1. The van der Waals surface area contributed by atoms with E-state index in [0.717, 1.165) is 51.4 Å². The second-order valence-electron chi connectivity index (χ2n) is 19.8. The van der Waals surface area contributed by atoms with Crippen LogP contribution in [0.4, 0.5) is 10.5 Å². The number of nitrogens with two attached hydrogens (primary N) is 1. The standard InChI is InChI=1S/C49H71N11O9/c1-7-17-32(40(62)45(66)53-27-35(61)56-38(47(68)59(5)6)30-20-13-9-14-21-30)39-36(42(50)63)34(28-60(39)48(69)54-31-22-15-10-16-23-31)55-46(67)41(49(2,3)4)58-44(65)37(29-18-11-8-12-19-29)57-43(64)33-26-51-24-25-52-33/h10,15-16,22-26,29-30,32,34,36-39,41H,7-9,11-14,17-21,27-28H2,1-6H3,(H2,50,63)(H,53,66)(H,54,69)(H,55,67)(H,56,61)(H,57,64)(H,58,65)/t32-,34?,36?,37-,38-,39?,41+/m0/s1. The number of hydrogen-bond donors (Lipinski definition) is 7. The predicted molar refractivity (Wildman–Crippen MR) is 255 cm³/mol. The molecule has 376 valence electrons. The number of Topliss-reactive ketones (excluding diaryl/α,β-unsaturated/α-hetero) is 1. The molecule has 20 heteroatoms. The first-order chi connectivity index (χ1) is 32.8. The number of benzene rings is 1. The molecule has 1 aliphatic heterocycles. The van der Waals surface area contributed by atoms with Crippen LogP contribution in [0.5, 0.6) is 0 Å². The van der Waals surface area contributed by atoms with Crippen LogP contribution >= 0.6 is 0 Å². The Bertz CT molecular complexity index is 2140. The average molecular weight is 958 g/mol. The van der Waals surface area contributed by atoms with Gasteiger partial charge in [-0.2, -0.15) is 0 Å². The van der Waals surface area contributed by atoms with Crippen LogP contribution < -0.4 is 37.6 Å². The number of primary amides is 1. The van der Waals surface area contributed by atoms with Gasteiger partial charge in [0.25, 0.3) is 11.8 Å². The lowest BCUT2D eigenvalue weighted by Crippen LogP contribution is -2.61. The summed E-state index contributed by atoms with van der Waals surface area (Å²) in [6.07, 6.45) is 12.8. The largest absolute Gasteiger partial charge is 0.369 e. The number of likely N-dealkylation sites (tertiary alicyclic amines) is 1. The van der Waals surface area contributed by atoms with Gasteiger partial charge < -0.3 is 47.4 Å². The van der Waals surface area contributed by atoms with Gasteiger partial charge in [-0.25, -0.2) is 9.78 Å². The van der Waals surface area contributed by atoms with E-state index in [-0.39, 0.29) is 36.4 Å². The number of urea groups is 1. The van der Waals surface area contributed by atoms with Crippen molar-refractivity contribution in [1.82, 2.24) is 46.4 Å². The molecule has 0 spiro atoms. The van der Waals surface area contributed by atoms with E-state index in [0.29, 0.717) is 24.9 Å². The molecule has 2 aliphatic carbocycles. The van der Waals surface area contributed by atoms with E-state index in [1.54, 1.807) is 72.1 Å². The molecule has 2 aromatic rings. The maximum Gasteiger partial charge on any atom is 0.322 e. The number of rotatable bonds is 19. The number of hydrogen-bond acceptors (Lipinski definition) is 11. The minimum absolute atomic E-state index is 0.00723. The molecule has 7 atom stereocenters. The van der Waals surface area contributed by atoms with E-state index in [9.17, 15) is 43.2 Å². The van der Waals surface area contributed by atoms with Crippen molar-refractivity contribution in [1.29, 1.82) is 0 Å². The molecule has 1 aromatic heterocycles. The van der Waals surface area contributed by atoms with Gasteiger partial charge in [-0.15, -0.1) is 0 Å². The molecule has 20 nitrogen and oxygen atoms in total. The lowest BCUT2D eigenvalue weighted by Gasteiger charge is -2.35. The SMILES string of the molecule is CCC[C@H](C(=O)C(=O)NCC(=O)N[C@H](C(=O)N(C)C)C1CCCCC1)C1C(C(N)=O)C(NC(=O)[C@@H](NC(=O)[C@@H](NC(=O)c2cnccn2)C2CCCCC2)C(C)(C)C)CN1C(=O)Nc1ccccc1. The molecule has 1 aromatic carbocycles. The summed E-state index contributed by atoms with van der Waals surface area (Å²) in [6.45, 7) is 6.01. The Kier molecular flexibility index (Phi) is 19.1. The van der Waals surface area contributed by atoms with Gasteiger partial charge in [-0.3, -0.25) is 43.3 Å². The smallest absolute Gasteiger partial charge is 0.322 e. The summed E-state index contributed by atoms with van der Waals surface area (Å²) in [5.74, 6) is -9.09. The van der Waals surface area contributed by atoms with Crippen LogP contribution in [0.25, 0.3) is 0 Å². The minimum atomic E-state index is -1.42. The molecule has 69 heavy (non-hydrogen) atoms. The monoisotopic (exact) mass is 958 g/mol. The Balaban J connectivity index is 1.40. The molecule has 3 unspecified atom stereocenters. The van der Waals surface area contributed by atoms with Gasteiger partial charge in [-0.1, -0.05) is 90.8 Å². The van der Waals surface area contributed by atoms with Crippen LogP contribution in [0.15, 0.2) is 48.9 Å². The second-order valence-corrected chi connectivity index (χ2v) is 19.8. The molecule has 1 saturated heterocycles. The summed E-state index contributed by atoms with van der Waals surface area (Å²) in [7, 11) is 3.20. The van der Waals surface area contributed by atoms with Gasteiger partial charge in [0.1, 0.15) is 23.8 Å². The van der Waals surface area contributed by atoms with Crippen molar-refractivity contribution < 1.29 is 43.2 Å². The summed E-state index contributed by atoms with van der Waals surface area (Å²) in [5.41, 5.74) is 5.59. The Morgan fingerprint density at radius 3 is 1.99 bits per heavy atom. The third kappa shape index (κ3) is 14.3. The van der Waals surface area contributed by atoms with Crippen molar-refractivity contribution in [2.75, 3.05) is 32.5 Å². The molecule has 2 heterocycles. The number of nitrogens with zero attached hydrogens (tertiary/aromatic N) is 4. The predicted octanol–water partition coefficient (Wildman–Crippen LogP) is 2.44. The summed E-state index contributed by atoms with van der Waals surface area (Å²) in [6, 6.07) is 2.03. The maximum absolute atomic E-state index is 14.6. The Morgan fingerprint density at radius 1 is 0.812 bits per heavy atom. The summed E-state index contributed by atoms with van der Waals surface area (Å²) in [5, 5.41) is 16.5. The molecule has 3 fully saturated rings. The highest BCUT2D eigenvalue weighted by molar-refractivity contribution is 6.37. The van der Waals surface area contributed by atoms with Crippen LogP contribution in [0.3, 0.4) is 0 Å². The van der Waals surface area contributed by atoms with E-state index < -0.39 is 101 Å². The zero-order valence-electron chi connectivity index (χ0n) is 40.8. The number of para-hydroxylation sites is 1. The van der Waals surface area contributed by atoms with E-state index in [1.807, 2.05) is 0 Å². The van der Waals surface area contributed by atoms with Crippen molar-refractivity contribution in [3.63, 3.8) is 0 Å². The lowest BCUT2D eigenvalue weighted by molar-refractivity contribution is -0.143. The summed E-state index contributed by atoms with van der Waals surface area (Å²) < 4.78 is 0. The number of likely N-dealkylation sites (N-methyl/N-ethyl adjacent to an activating group) is 1. The van der Waals surface area contributed by atoms with Crippen LogP contribution in [0.2, 0.25) is 0 Å². The fourth-order valence-electron chi connectivity index (χ4n) is 9.99. The van der Waals surface area contributed by atoms with E-state index in [2.05, 4.69) is 41.9 Å². The molecular formula is C49H71N11O9. The van der Waals surface area contributed by atoms with Crippen molar-refractivity contribution in [3.05, 3.63) is 54.6 Å². The molecule has 3 aliphatic rings. The van der Waals surface area contributed by atoms with Crippen molar-refractivity contribution in [2.24, 2.45) is 34.8 Å². The van der Waals surface area contributed by atoms with Crippen molar-refractivity contribution in [3.8, 4) is 0 Å². The van der Waals surface area contributed by atoms with Gasteiger partial charge in [-0.05, 0) is 61.5 Å². The number of ketones is 1. The summed E-state index contributed by atoms with van der Waals surface area (Å²) in [4.78, 5) is 136. The molecular weight excluding hydrogens is 887 g/mol. The fourth-order valence-corrected chi connectivity index (χ4v) is 9.99. The van der Waals surface area contributed by atoms with E-state index in [4.69, 9.17) is 5.73 Å². The second kappa shape index (κ2) is 24.7. The quantitative estimate of drug-likeness (QED) is 0.100. The number of aromatic nitrogens is 2. The Labute approximate surface area is 404 Å². The molecule has 8 N–H and O–H groups in total. The fraction of sp³-hybridized carbons (Fsp3) is 0.612. The Hall–Kier alpha value is -6.47. The van der Waals surface area contributed by atoms with Gasteiger partial charge >= 0.3 is 6.03 Å². The Morgan fingerprint density at radius 2 is 1.43 bits per heavy atom. The van der Waals surface area contributed by atoms with Crippen LogP contribution in [0, 0.1) is 29.1 Å². The van der Waals surface area contributed by atoms with Crippen molar-refractivity contribution in [2.45, 2.75) is 135 Å². The highest BCUT2D eigenvalue weighted by atomic mass is 16.2. The zero-order chi connectivity index (χ0) is 50.4. The molecule has 0 radical (unpaired) electrons. The molecule has 9 amide bonds. The normalized spacial score (nSPS) is 20.5. The maximum atomic E-state index is 14.6. The van der Waals surface area contributed by atoms with Crippen LogP contribution in [-0.4, -0.2) is 130 Å². The van der Waals surface area contributed by atoms with Gasteiger partial charge in [0, 0.05) is 44.6 Å². The van der Waals surface area contributed by atoms with E-state index >= 15 is 0 Å². The van der Waals surface area contributed by atoms with Crippen LogP contribution in [-0.2, 0) is 33.6 Å². The highest BCUT2D eigenvalue weighted by Gasteiger charge is 2.54. The average Bonchev–Trinajstić information content (AvgIpc) is 3.71. The molecule has 5 rings (SSSR count). The van der Waals surface area contributed by atoms with Gasteiger partial charge in [0.05, 0.1) is 30.7 Å². The van der Waals surface area contributed by atoms with Crippen LogP contribution in [0.1, 0.15) is 115 Å². The lowest BCUT2D eigenvalue weighted by atomic mass is 9.80. The highest BCUT2D eigenvalue weighted by Crippen LogP contribution is 2.35. The third-order valence-electron chi connectivity index (χ3n) is 13.5. The first kappa shape index (κ1) is 53.5. The third-order valence-corrected chi connectivity index (χ3v) is 13.5. The van der Waals surface area contributed by atoms with Gasteiger partial charge in [0.2, 0.25) is 35.3 Å². The topological polar surface area (TPSA) is 284 Å². The van der Waals surface area contributed by atoms with E-state index in [1.165, 1.54) is 28.4 Å². The van der Waals surface area contributed by atoms with Gasteiger partial charge in [0.15, 0.2) is 0 Å². The summed E-state index contributed by atoms with van der Waals surface area (Å²) >= 11 is 0. The molecule has 2 saturated carbocycles. The number of nitrogens with one attached hydrogen (secondary N) is 6. The minimum Gasteiger partial charge on any atom is -0.369 e. The van der Waals surface area contributed by atoms with Crippen molar-refractivity contribution >= 4 is 58.9 Å². The molecule has 0 bridgehead atoms.